The van der Waals surface area contributed by atoms with Crippen LogP contribution in [0.4, 0.5) is 5.82 Å². The zero-order valence-electron chi connectivity index (χ0n) is 13.2. The van der Waals surface area contributed by atoms with Gasteiger partial charge in [-0.1, -0.05) is 26.3 Å². The summed E-state index contributed by atoms with van der Waals surface area (Å²) in [5.41, 5.74) is 8.61. The van der Waals surface area contributed by atoms with E-state index in [1.165, 1.54) is 42.6 Å². The average molecular weight is 275 g/mol. The van der Waals surface area contributed by atoms with Crippen LogP contribution in [-0.4, -0.2) is 23.6 Å². The Hall–Kier alpha value is -1.09. The summed E-state index contributed by atoms with van der Waals surface area (Å²) < 4.78 is 0. The van der Waals surface area contributed by atoms with Gasteiger partial charge in [0, 0.05) is 24.8 Å². The van der Waals surface area contributed by atoms with Crippen LogP contribution in [0.2, 0.25) is 0 Å². The standard InChI is InChI=1S/C17H29N3/c1-4-6-9-20(16-7-8-16)17-13(3)10-14(12-19-17)11-15(18)5-2/h10,12,15-16H,4-9,11,18H2,1-3H3. The number of aryl methyl sites for hydroxylation is 1. The molecule has 1 aliphatic carbocycles. The maximum absolute atomic E-state index is 6.04. The van der Waals surface area contributed by atoms with Crippen LogP contribution in [0.15, 0.2) is 12.3 Å². The molecule has 3 nitrogen and oxygen atoms in total. The monoisotopic (exact) mass is 275 g/mol. The van der Waals surface area contributed by atoms with Crippen LogP contribution in [0.25, 0.3) is 0 Å². The lowest BCUT2D eigenvalue weighted by Crippen LogP contribution is -2.28. The number of hydrogen-bond donors (Lipinski definition) is 1. The molecule has 0 saturated heterocycles. The summed E-state index contributed by atoms with van der Waals surface area (Å²) in [7, 11) is 0. The summed E-state index contributed by atoms with van der Waals surface area (Å²) >= 11 is 0. The van der Waals surface area contributed by atoms with Crippen molar-refractivity contribution in [3.8, 4) is 0 Å². The van der Waals surface area contributed by atoms with E-state index in [0.29, 0.717) is 0 Å². The van der Waals surface area contributed by atoms with Gasteiger partial charge in [0.25, 0.3) is 0 Å². The van der Waals surface area contributed by atoms with Gasteiger partial charge in [0.2, 0.25) is 0 Å². The summed E-state index contributed by atoms with van der Waals surface area (Å²) in [6.07, 6.45) is 9.13. The van der Waals surface area contributed by atoms with Gasteiger partial charge >= 0.3 is 0 Å². The van der Waals surface area contributed by atoms with Crippen molar-refractivity contribution in [3.63, 3.8) is 0 Å². The van der Waals surface area contributed by atoms with E-state index in [-0.39, 0.29) is 6.04 Å². The molecule has 0 radical (unpaired) electrons. The van der Waals surface area contributed by atoms with E-state index in [2.05, 4.69) is 31.7 Å². The minimum atomic E-state index is 0.252. The molecular weight excluding hydrogens is 246 g/mol. The second-order valence-corrected chi connectivity index (χ2v) is 6.13. The van der Waals surface area contributed by atoms with Crippen molar-refractivity contribution in [1.82, 2.24) is 4.98 Å². The van der Waals surface area contributed by atoms with Crippen LogP contribution in [0.5, 0.6) is 0 Å². The molecule has 0 aliphatic heterocycles. The van der Waals surface area contributed by atoms with Crippen LogP contribution in [0.1, 0.15) is 57.1 Å². The summed E-state index contributed by atoms with van der Waals surface area (Å²) in [5.74, 6) is 1.19. The van der Waals surface area contributed by atoms with Crippen LogP contribution in [0.3, 0.4) is 0 Å². The fourth-order valence-corrected chi connectivity index (χ4v) is 2.66. The molecule has 112 valence electrons. The third-order valence-electron chi connectivity index (χ3n) is 4.14. The number of aromatic nitrogens is 1. The Kier molecular flexibility index (Phi) is 5.41. The molecule has 1 aromatic rings. The number of hydrogen-bond acceptors (Lipinski definition) is 3. The van der Waals surface area contributed by atoms with Gasteiger partial charge in [-0.15, -0.1) is 0 Å². The predicted octanol–water partition coefficient (Wildman–Crippen LogP) is 3.44. The molecule has 2 rings (SSSR count). The van der Waals surface area contributed by atoms with Crippen molar-refractivity contribution < 1.29 is 0 Å². The lowest BCUT2D eigenvalue weighted by Gasteiger charge is -2.25. The topological polar surface area (TPSA) is 42.2 Å². The second kappa shape index (κ2) is 7.07. The van der Waals surface area contributed by atoms with Gasteiger partial charge in [-0.3, -0.25) is 0 Å². The number of unbranched alkanes of at least 4 members (excludes halogenated alkanes) is 1. The van der Waals surface area contributed by atoms with Gasteiger partial charge in [0.1, 0.15) is 5.82 Å². The van der Waals surface area contributed by atoms with E-state index in [1.807, 2.05) is 6.20 Å². The first kappa shape index (κ1) is 15.3. The fourth-order valence-electron chi connectivity index (χ4n) is 2.66. The van der Waals surface area contributed by atoms with Crippen molar-refractivity contribution in [2.75, 3.05) is 11.4 Å². The maximum Gasteiger partial charge on any atom is 0.131 e. The van der Waals surface area contributed by atoms with Crippen LogP contribution in [-0.2, 0) is 6.42 Å². The van der Waals surface area contributed by atoms with Crippen molar-refractivity contribution in [2.45, 2.75) is 71.4 Å². The summed E-state index contributed by atoms with van der Waals surface area (Å²) in [5, 5.41) is 0. The Morgan fingerprint density at radius 3 is 2.70 bits per heavy atom. The first-order valence-electron chi connectivity index (χ1n) is 8.13. The van der Waals surface area contributed by atoms with Gasteiger partial charge in [0.15, 0.2) is 0 Å². The Bertz CT molecular complexity index is 426. The Labute approximate surface area is 123 Å². The number of rotatable bonds is 8. The molecule has 1 aromatic heterocycles. The number of pyridine rings is 1. The van der Waals surface area contributed by atoms with Crippen LogP contribution >= 0.6 is 0 Å². The van der Waals surface area contributed by atoms with Crippen molar-refractivity contribution in [1.29, 1.82) is 0 Å². The normalized spacial score (nSPS) is 16.2. The quantitative estimate of drug-likeness (QED) is 0.790. The first-order valence-corrected chi connectivity index (χ1v) is 8.13. The molecule has 1 fully saturated rings. The lowest BCUT2D eigenvalue weighted by molar-refractivity contribution is 0.644. The third-order valence-corrected chi connectivity index (χ3v) is 4.14. The fraction of sp³-hybridized carbons (Fsp3) is 0.706. The Morgan fingerprint density at radius 1 is 1.40 bits per heavy atom. The van der Waals surface area contributed by atoms with E-state index in [4.69, 9.17) is 10.7 Å². The largest absolute Gasteiger partial charge is 0.353 e. The molecule has 1 atom stereocenters. The highest BCUT2D eigenvalue weighted by Gasteiger charge is 2.30. The van der Waals surface area contributed by atoms with Crippen molar-refractivity contribution >= 4 is 5.82 Å². The highest BCUT2D eigenvalue weighted by molar-refractivity contribution is 5.49. The molecule has 1 heterocycles. The van der Waals surface area contributed by atoms with Crippen LogP contribution in [0, 0.1) is 6.92 Å². The molecule has 0 bridgehead atoms. The first-order chi connectivity index (χ1) is 9.65. The van der Waals surface area contributed by atoms with E-state index in [9.17, 15) is 0 Å². The predicted molar refractivity (Wildman–Crippen MR) is 86.2 cm³/mol. The molecule has 1 aliphatic rings. The van der Waals surface area contributed by atoms with E-state index in [0.717, 1.165) is 25.4 Å². The zero-order valence-corrected chi connectivity index (χ0v) is 13.2. The highest BCUT2D eigenvalue weighted by atomic mass is 15.2. The maximum atomic E-state index is 6.04. The van der Waals surface area contributed by atoms with E-state index < -0.39 is 0 Å². The van der Waals surface area contributed by atoms with Gasteiger partial charge in [0.05, 0.1) is 0 Å². The minimum Gasteiger partial charge on any atom is -0.353 e. The molecule has 0 aromatic carbocycles. The molecule has 0 spiro atoms. The molecular formula is C17H29N3. The van der Waals surface area contributed by atoms with Gasteiger partial charge in [-0.05, 0) is 50.2 Å². The highest BCUT2D eigenvalue weighted by Crippen LogP contribution is 2.32. The SMILES string of the molecule is CCCCN(c1ncc(CC(N)CC)cc1C)C1CC1. The number of nitrogens with zero attached hydrogens (tertiary/aromatic N) is 2. The zero-order chi connectivity index (χ0) is 14.5. The summed E-state index contributed by atoms with van der Waals surface area (Å²) in [6, 6.07) is 3.26. The molecule has 2 N–H and O–H groups in total. The summed E-state index contributed by atoms with van der Waals surface area (Å²) in [4.78, 5) is 7.27. The van der Waals surface area contributed by atoms with Gasteiger partial charge in [-0.25, -0.2) is 4.98 Å². The summed E-state index contributed by atoms with van der Waals surface area (Å²) in [6.45, 7) is 7.72. The smallest absolute Gasteiger partial charge is 0.131 e. The molecule has 1 saturated carbocycles. The molecule has 3 heteroatoms. The number of nitrogens with two attached hydrogens (primary N) is 1. The number of anilines is 1. The third kappa shape index (κ3) is 3.95. The van der Waals surface area contributed by atoms with E-state index >= 15 is 0 Å². The molecule has 20 heavy (non-hydrogen) atoms. The van der Waals surface area contributed by atoms with Gasteiger partial charge in [-0.2, -0.15) is 0 Å². The van der Waals surface area contributed by atoms with Crippen LogP contribution < -0.4 is 10.6 Å². The average Bonchev–Trinajstić information content (AvgIpc) is 3.25. The Morgan fingerprint density at radius 2 is 2.15 bits per heavy atom. The minimum absolute atomic E-state index is 0.252. The lowest BCUT2D eigenvalue weighted by atomic mass is 10.0. The van der Waals surface area contributed by atoms with Crippen molar-refractivity contribution in [3.05, 3.63) is 23.4 Å². The molecule has 1 unspecified atom stereocenters. The second-order valence-electron chi connectivity index (χ2n) is 6.13. The Balaban J connectivity index is 2.10. The van der Waals surface area contributed by atoms with Gasteiger partial charge < -0.3 is 10.6 Å². The van der Waals surface area contributed by atoms with E-state index in [1.54, 1.807) is 0 Å². The van der Waals surface area contributed by atoms with Crippen molar-refractivity contribution in [2.24, 2.45) is 5.73 Å². The molecule has 0 amide bonds.